The van der Waals surface area contributed by atoms with Gasteiger partial charge in [-0.3, -0.25) is 9.71 Å². The molecule has 0 amide bonds. The SMILES string of the molecule is C#CC(CCC)N=C1NS(=O)(=O)c2ccccc21. The van der Waals surface area contributed by atoms with Crippen molar-refractivity contribution >= 4 is 15.9 Å². The van der Waals surface area contributed by atoms with E-state index in [4.69, 9.17) is 6.42 Å². The minimum absolute atomic E-state index is 0.260. The molecule has 1 N–H and O–H groups in total. The summed E-state index contributed by atoms with van der Waals surface area (Å²) in [5.41, 5.74) is 0.592. The predicted molar refractivity (Wildman–Crippen MR) is 70.8 cm³/mol. The van der Waals surface area contributed by atoms with Crippen LogP contribution in [0.15, 0.2) is 34.2 Å². The molecule has 1 heterocycles. The minimum Gasteiger partial charge on any atom is -0.263 e. The molecule has 0 spiro atoms. The average Bonchev–Trinajstić information content (AvgIpc) is 2.61. The van der Waals surface area contributed by atoms with E-state index in [0.717, 1.165) is 12.8 Å². The van der Waals surface area contributed by atoms with E-state index >= 15 is 0 Å². The maximum absolute atomic E-state index is 11.8. The number of nitrogens with zero attached hydrogens (tertiary/aromatic N) is 1. The highest BCUT2D eigenvalue weighted by Crippen LogP contribution is 2.22. The largest absolute Gasteiger partial charge is 0.263 e. The lowest BCUT2D eigenvalue weighted by molar-refractivity contribution is 0.595. The third-order valence-electron chi connectivity index (χ3n) is 2.70. The maximum atomic E-state index is 11.8. The first kappa shape index (κ1) is 12.7. The normalized spacial score (nSPS) is 19.9. The van der Waals surface area contributed by atoms with Gasteiger partial charge in [0, 0.05) is 5.56 Å². The maximum Gasteiger partial charge on any atom is 0.263 e. The van der Waals surface area contributed by atoms with Gasteiger partial charge in [-0.05, 0) is 18.6 Å². The van der Waals surface area contributed by atoms with E-state index in [0.29, 0.717) is 11.4 Å². The number of aliphatic imine (C=N–C) groups is 1. The molecule has 1 aliphatic heterocycles. The molecule has 0 bridgehead atoms. The molecule has 0 fully saturated rings. The second-order valence-electron chi connectivity index (χ2n) is 4.05. The van der Waals surface area contributed by atoms with Gasteiger partial charge in [-0.25, -0.2) is 8.42 Å². The van der Waals surface area contributed by atoms with Crippen LogP contribution in [0.5, 0.6) is 0 Å². The fraction of sp³-hybridized carbons (Fsp3) is 0.308. The Morgan fingerprint density at radius 2 is 2.17 bits per heavy atom. The van der Waals surface area contributed by atoms with Gasteiger partial charge in [-0.1, -0.05) is 31.4 Å². The van der Waals surface area contributed by atoms with Crippen molar-refractivity contribution in [3.8, 4) is 12.3 Å². The Hall–Kier alpha value is -1.80. The van der Waals surface area contributed by atoms with Crippen molar-refractivity contribution in [3.05, 3.63) is 29.8 Å². The molecular formula is C13H14N2O2S. The van der Waals surface area contributed by atoms with Crippen molar-refractivity contribution in [3.63, 3.8) is 0 Å². The van der Waals surface area contributed by atoms with E-state index in [1.54, 1.807) is 24.3 Å². The summed E-state index contributed by atoms with van der Waals surface area (Å²) in [6.07, 6.45) is 7.03. The molecule has 4 nitrogen and oxygen atoms in total. The third kappa shape index (κ3) is 2.24. The van der Waals surface area contributed by atoms with Crippen molar-refractivity contribution in [2.75, 3.05) is 0 Å². The lowest BCUT2D eigenvalue weighted by Crippen LogP contribution is -2.23. The number of hydrogen-bond donors (Lipinski definition) is 1. The Bertz CT molecular complexity index is 627. The zero-order chi connectivity index (χ0) is 13.2. The molecule has 94 valence electrons. The van der Waals surface area contributed by atoms with Gasteiger partial charge >= 0.3 is 0 Å². The highest BCUT2D eigenvalue weighted by molar-refractivity contribution is 7.90. The van der Waals surface area contributed by atoms with Crippen molar-refractivity contribution in [1.29, 1.82) is 0 Å². The minimum atomic E-state index is -3.47. The van der Waals surface area contributed by atoms with Gasteiger partial charge in [0.15, 0.2) is 0 Å². The quantitative estimate of drug-likeness (QED) is 0.840. The third-order valence-corrected chi connectivity index (χ3v) is 4.10. The Labute approximate surface area is 107 Å². The molecule has 0 radical (unpaired) electrons. The van der Waals surface area contributed by atoms with Crippen LogP contribution in [-0.4, -0.2) is 20.3 Å². The van der Waals surface area contributed by atoms with E-state index in [2.05, 4.69) is 15.6 Å². The van der Waals surface area contributed by atoms with Crippen LogP contribution in [0.1, 0.15) is 25.3 Å². The monoisotopic (exact) mass is 262 g/mol. The molecule has 5 heteroatoms. The molecule has 1 aromatic rings. The van der Waals surface area contributed by atoms with Gasteiger partial charge in [-0.15, -0.1) is 6.42 Å². The fourth-order valence-corrected chi connectivity index (χ4v) is 3.08. The number of benzene rings is 1. The molecule has 1 unspecified atom stereocenters. The van der Waals surface area contributed by atoms with Crippen LogP contribution in [0.25, 0.3) is 0 Å². The lowest BCUT2D eigenvalue weighted by atomic mass is 10.1. The highest BCUT2D eigenvalue weighted by atomic mass is 32.2. The summed E-state index contributed by atoms with van der Waals surface area (Å²) >= 11 is 0. The summed E-state index contributed by atoms with van der Waals surface area (Å²) in [4.78, 5) is 4.57. The Balaban J connectivity index is 2.45. The van der Waals surface area contributed by atoms with Crippen LogP contribution in [0.4, 0.5) is 0 Å². The Morgan fingerprint density at radius 3 is 2.83 bits per heavy atom. The summed E-state index contributed by atoms with van der Waals surface area (Å²) in [5, 5.41) is 0. The lowest BCUT2D eigenvalue weighted by Gasteiger charge is -2.05. The smallest absolute Gasteiger partial charge is 0.263 e. The van der Waals surface area contributed by atoms with Gasteiger partial charge in [0.05, 0.1) is 4.90 Å². The van der Waals surface area contributed by atoms with Gasteiger partial charge in [0.25, 0.3) is 10.0 Å². The van der Waals surface area contributed by atoms with E-state index in [9.17, 15) is 8.42 Å². The molecule has 1 aliphatic rings. The first-order valence-corrected chi connectivity index (χ1v) is 7.23. The number of rotatable bonds is 3. The number of nitrogens with one attached hydrogen (secondary N) is 1. The zero-order valence-corrected chi connectivity index (χ0v) is 10.9. The fourth-order valence-electron chi connectivity index (χ4n) is 1.84. The summed E-state index contributed by atoms with van der Waals surface area (Å²) in [6.45, 7) is 2.01. The predicted octanol–water partition coefficient (Wildman–Crippen LogP) is 1.53. The second kappa shape index (κ2) is 4.83. The van der Waals surface area contributed by atoms with Crippen LogP contribution in [-0.2, 0) is 10.0 Å². The molecular weight excluding hydrogens is 248 g/mol. The first-order chi connectivity index (χ1) is 8.58. The molecule has 0 aromatic heterocycles. The van der Waals surface area contributed by atoms with Gasteiger partial charge in [-0.2, -0.15) is 0 Å². The molecule has 0 saturated carbocycles. The highest BCUT2D eigenvalue weighted by Gasteiger charge is 2.30. The van der Waals surface area contributed by atoms with Gasteiger partial charge in [0.1, 0.15) is 11.9 Å². The van der Waals surface area contributed by atoms with Crippen LogP contribution in [0.3, 0.4) is 0 Å². The molecule has 0 aliphatic carbocycles. The summed E-state index contributed by atoms with van der Waals surface area (Å²) in [7, 11) is -3.47. The average molecular weight is 262 g/mol. The van der Waals surface area contributed by atoms with Crippen molar-refractivity contribution in [2.45, 2.75) is 30.7 Å². The number of sulfonamides is 1. The second-order valence-corrected chi connectivity index (χ2v) is 5.70. The molecule has 1 atom stereocenters. The van der Waals surface area contributed by atoms with Gasteiger partial charge < -0.3 is 0 Å². The molecule has 18 heavy (non-hydrogen) atoms. The van der Waals surface area contributed by atoms with Crippen molar-refractivity contribution in [2.24, 2.45) is 4.99 Å². The summed E-state index contributed by atoms with van der Waals surface area (Å²) in [6, 6.07) is 6.46. The van der Waals surface area contributed by atoms with Crippen LogP contribution in [0.2, 0.25) is 0 Å². The zero-order valence-electron chi connectivity index (χ0n) is 10.1. The van der Waals surface area contributed by atoms with E-state index < -0.39 is 10.0 Å². The van der Waals surface area contributed by atoms with Crippen LogP contribution >= 0.6 is 0 Å². The number of fused-ring (bicyclic) bond motifs is 1. The van der Waals surface area contributed by atoms with Crippen LogP contribution in [0, 0.1) is 12.3 Å². The summed E-state index contributed by atoms with van der Waals surface area (Å²) < 4.78 is 26.1. The topological polar surface area (TPSA) is 58.5 Å². The molecule has 2 rings (SSSR count). The summed E-state index contributed by atoms with van der Waals surface area (Å²) in [5.74, 6) is 2.91. The van der Waals surface area contributed by atoms with Gasteiger partial charge in [0.2, 0.25) is 0 Å². The number of amidine groups is 1. The van der Waals surface area contributed by atoms with Crippen molar-refractivity contribution < 1.29 is 8.42 Å². The molecule has 1 aromatic carbocycles. The number of terminal acetylenes is 1. The Kier molecular flexibility index (Phi) is 3.39. The van der Waals surface area contributed by atoms with E-state index in [-0.39, 0.29) is 10.9 Å². The first-order valence-electron chi connectivity index (χ1n) is 5.74. The van der Waals surface area contributed by atoms with E-state index in [1.165, 1.54) is 0 Å². The Morgan fingerprint density at radius 1 is 1.44 bits per heavy atom. The standard InChI is InChI=1S/C13H14N2O2S/c1-3-7-10(4-2)14-13-11-8-5-6-9-12(11)18(16,17)15-13/h2,5-6,8-10H,3,7H2,1H3,(H,14,15). The number of hydrogen-bond acceptors (Lipinski definition) is 3. The van der Waals surface area contributed by atoms with E-state index in [1.807, 2.05) is 6.92 Å². The van der Waals surface area contributed by atoms with Crippen LogP contribution < -0.4 is 4.72 Å². The van der Waals surface area contributed by atoms with Crippen molar-refractivity contribution in [1.82, 2.24) is 4.72 Å². The molecule has 0 saturated heterocycles.